The summed E-state index contributed by atoms with van der Waals surface area (Å²) in [6.07, 6.45) is 3.07. The van der Waals surface area contributed by atoms with E-state index in [2.05, 4.69) is 41.2 Å². The maximum absolute atomic E-state index is 5.37. The number of aromatic nitrogens is 1. The average Bonchev–Trinajstić information content (AvgIpc) is 2.46. The fraction of sp³-hybridized carbons (Fsp3) is 0.643. The summed E-state index contributed by atoms with van der Waals surface area (Å²) in [4.78, 5) is 6.76. The van der Waals surface area contributed by atoms with Crippen LogP contribution in [0.15, 0.2) is 18.3 Å². The number of hydrogen-bond donors (Lipinski definition) is 1. The zero-order chi connectivity index (χ0) is 12.8. The number of ether oxygens (including phenoxy) is 1. The lowest BCUT2D eigenvalue weighted by atomic mass is 10.1. The first-order valence-corrected chi connectivity index (χ1v) is 6.83. The number of morpholine rings is 1. The lowest BCUT2D eigenvalue weighted by molar-refractivity contribution is 0.122. The van der Waals surface area contributed by atoms with E-state index in [1.165, 1.54) is 5.56 Å². The second kappa shape index (κ2) is 6.71. The Morgan fingerprint density at radius 3 is 2.94 bits per heavy atom. The van der Waals surface area contributed by atoms with Gasteiger partial charge in [-0.05, 0) is 37.6 Å². The summed E-state index contributed by atoms with van der Waals surface area (Å²) in [5.74, 6) is 1.07. The van der Waals surface area contributed by atoms with Crippen LogP contribution in [0.5, 0.6) is 0 Å². The van der Waals surface area contributed by atoms with Gasteiger partial charge in [0.05, 0.1) is 13.2 Å². The van der Waals surface area contributed by atoms with Crippen LogP contribution in [0.1, 0.15) is 31.9 Å². The number of anilines is 1. The quantitative estimate of drug-likeness (QED) is 0.866. The molecule has 1 aliphatic rings. The van der Waals surface area contributed by atoms with Crippen molar-refractivity contribution in [2.75, 3.05) is 37.7 Å². The zero-order valence-electron chi connectivity index (χ0n) is 11.4. The highest BCUT2D eigenvalue weighted by Gasteiger charge is 2.13. The molecule has 2 heterocycles. The first kappa shape index (κ1) is 13.3. The Kier molecular flexibility index (Phi) is 4.96. The van der Waals surface area contributed by atoms with Crippen LogP contribution < -0.4 is 10.2 Å². The van der Waals surface area contributed by atoms with E-state index in [-0.39, 0.29) is 0 Å². The van der Waals surface area contributed by atoms with E-state index < -0.39 is 0 Å². The topological polar surface area (TPSA) is 37.4 Å². The van der Waals surface area contributed by atoms with Gasteiger partial charge in [-0.2, -0.15) is 0 Å². The van der Waals surface area contributed by atoms with Crippen LogP contribution in [0.2, 0.25) is 0 Å². The van der Waals surface area contributed by atoms with Crippen molar-refractivity contribution < 1.29 is 4.74 Å². The highest BCUT2D eigenvalue weighted by molar-refractivity contribution is 5.42. The molecular weight excluding hydrogens is 226 g/mol. The first-order valence-electron chi connectivity index (χ1n) is 6.83. The molecule has 1 saturated heterocycles. The van der Waals surface area contributed by atoms with Gasteiger partial charge in [-0.3, -0.25) is 0 Å². The van der Waals surface area contributed by atoms with Crippen molar-refractivity contribution in [3.63, 3.8) is 0 Å². The Morgan fingerprint density at radius 1 is 1.44 bits per heavy atom. The third-order valence-electron chi connectivity index (χ3n) is 3.31. The molecule has 0 aliphatic carbocycles. The molecule has 1 aliphatic heterocycles. The Hall–Kier alpha value is -1.13. The van der Waals surface area contributed by atoms with E-state index in [0.717, 1.165) is 45.1 Å². The van der Waals surface area contributed by atoms with Crippen molar-refractivity contribution in [2.24, 2.45) is 0 Å². The van der Waals surface area contributed by atoms with E-state index >= 15 is 0 Å². The van der Waals surface area contributed by atoms with Crippen molar-refractivity contribution in [3.8, 4) is 0 Å². The molecule has 0 radical (unpaired) electrons. The molecule has 2 rings (SSSR count). The molecule has 4 heteroatoms. The van der Waals surface area contributed by atoms with Gasteiger partial charge >= 0.3 is 0 Å². The zero-order valence-corrected chi connectivity index (χ0v) is 11.4. The molecule has 4 nitrogen and oxygen atoms in total. The van der Waals surface area contributed by atoms with Gasteiger partial charge in [-0.1, -0.05) is 6.92 Å². The molecule has 1 N–H and O–H groups in total. The van der Waals surface area contributed by atoms with Crippen molar-refractivity contribution in [1.29, 1.82) is 0 Å². The minimum Gasteiger partial charge on any atom is -0.378 e. The van der Waals surface area contributed by atoms with E-state index in [9.17, 15) is 0 Å². The molecule has 100 valence electrons. The molecule has 1 aromatic rings. The number of pyridine rings is 1. The number of hydrogen-bond acceptors (Lipinski definition) is 4. The van der Waals surface area contributed by atoms with Crippen molar-refractivity contribution >= 4 is 5.82 Å². The minimum atomic E-state index is 0.382. The molecule has 1 unspecified atom stereocenters. The summed E-state index contributed by atoms with van der Waals surface area (Å²) in [5, 5.41) is 3.51. The van der Waals surface area contributed by atoms with Crippen molar-refractivity contribution in [2.45, 2.75) is 26.3 Å². The molecule has 0 aromatic carbocycles. The van der Waals surface area contributed by atoms with Crippen LogP contribution in [0.4, 0.5) is 5.82 Å². The monoisotopic (exact) mass is 249 g/mol. The van der Waals surface area contributed by atoms with Crippen LogP contribution >= 0.6 is 0 Å². The number of rotatable bonds is 5. The van der Waals surface area contributed by atoms with Gasteiger partial charge in [0.25, 0.3) is 0 Å². The molecule has 0 bridgehead atoms. The minimum absolute atomic E-state index is 0.382. The van der Waals surface area contributed by atoms with Gasteiger partial charge < -0.3 is 15.0 Å². The molecule has 0 amide bonds. The molecule has 1 aromatic heterocycles. The Bertz CT molecular complexity index is 364. The van der Waals surface area contributed by atoms with E-state index in [0.29, 0.717) is 6.04 Å². The Labute approximate surface area is 109 Å². The van der Waals surface area contributed by atoms with Gasteiger partial charge in [0.15, 0.2) is 0 Å². The first-order chi connectivity index (χ1) is 8.81. The van der Waals surface area contributed by atoms with E-state index in [1.807, 2.05) is 6.20 Å². The highest BCUT2D eigenvalue weighted by atomic mass is 16.5. The lowest BCUT2D eigenvalue weighted by Crippen LogP contribution is -2.36. The van der Waals surface area contributed by atoms with Crippen LogP contribution in [0.25, 0.3) is 0 Å². The van der Waals surface area contributed by atoms with Crippen LogP contribution in [0.3, 0.4) is 0 Å². The SMILES string of the molecule is CCCNC(C)c1ccnc(N2CCOCC2)c1. The van der Waals surface area contributed by atoms with Gasteiger partial charge in [0.1, 0.15) is 5.82 Å². The molecule has 1 atom stereocenters. The second-order valence-corrected chi connectivity index (χ2v) is 4.72. The maximum Gasteiger partial charge on any atom is 0.128 e. The van der Waals surface area contributed by atoms with Gasteiger partial charge in [0, 0.05) is 25.3 Å². The molecule has 18 heavy (non-hydrogen) atoms. The Morgan fingerprint density at radius 2 is 2.22 bits per heavy atom. The van der Waals surface area contributed by atoms with Gasteiger partial charge in [-0.25, -0.2) is 4.98 Å². The van der Waals surface area contributed by atoms with Crippen molar-refractivity contribution in [3.05, 3.63) is 23.9 Å². The van der Waals surface area contributed by atoms with Crippen LogP contribution in [0, 0.1) is 0 Å². The normalized spacial score (nSPS) is 17.8. The highest BCUT2D eigenvalue weighted by Crippen LogP contribution is 2.18. The van der Waals surface area contributed by atoms with Gasteiger partial charge in [0.2, 0.25) is 0 Å². The average molecular weight is 249 g/mol. The summed E-state index contributed by atoms with van der Waals surface area (Å²) < 4.78 is 5.37. The third kappa shape index (κ3) is 3.43. The maximum atomic E-state index is 5.37. The van der Waals surface area contributed by atoms with Crippen molar-refractivity contribution in [1.82, 2.24) is 10.3 Å². The van der Waals surface area contributed by atoms with Gasteiger partial charge in [-0.15, -0.1) is 0 Å². The summed E-state index contributed by atoms with van der Waals surface area (Å²) in [5.41, 5.74) is 1.31. The van der Waals surface area contributed by atoms with E-state index in [1.54, 1.807) is 0 Å². The Balaban J connectivity index is 2.04. The standard InChI is InChI=1S/C14H23N3O/c1-3-5-15-12(2)13-4-6-16-14(11-13)17-7-9-18-10-8-17/h4,6,11-12,15H,3,5,7-10H2,1-2H3. The smallest absolute Gasteiger partial charge is 0.128 e. The number of nitrogens with zero attached hydrogens (tertiary/aromatic N) is 2. The molecular formula is C14H23N3O. The number of nitrogens with one attached hydrogen (secondary N) is 1. The largest absolute Gasteiger partial charge is 0.378 e. The predicted molar refractivity (Wildman–Crippen MR) is 74.0 cm³/mol. The fourth-order valence-electron chi connectivity index (χ4n) is 2.15. The second-order valence-electron chi connectivity index (χ2n) is 4.72. The lowest BCUT2D eigenvalue weighted by Gasteiger charge is -2.28. The summed E-state index contributed by atoms with van der Waals surface area (Å²) in [6, 6.07) is 4.67. The summed E-state index contributed by atoms with van der Waals surface area (Å²) in [6.45, 7) is 8.92. The van der Waals surface area contributed by atoms with Crippen LogP contribution in [-0.4, -0.2) is 37.8 Å². The van der Waals surface area contributed by atoms with E-state index in [4.69, 9.17) is 4.74 Å². The summed E-state index contributed by atoms with van der Waals surface area (Å²) >= 11 is 0. The predicted octanol–water partition coefficient (Wildman–Crippen LogP) is 1.98. The fourth-order valence-corrected chi connectivity index (χ4v) is 2.15. The van der Waals surface area contributed by atoms with Crippen LogP contribution in [-0.2, 0) is 4.74 Å². The summed E-state index contributed by atoms with van der Waals surface area (Å²) in [7, 11) is 0. The molecule has 0 saturated carbocycles. The third-order valence-corrected chi connectivity index (χ3v) is 3.31. The molecule has 1 fully saturated rings. The molecule has 0 spiro atoms.